The van der Waals surface area contributed by atoms with E-state index in [2.05, 4.69) is 0 Å². The quantitative estimate of drug-likeness (QED) is 0.858. The van der Waals surface area contributed by atoms with Crippen molar-refractivity contribution < 1.29 is 14.3 Å². The van der Waals surface area contributed by atoms with Crippen molar-refractivity contribution in [3.63, 3.8) is 0 Å². The van der Waals surface area contributed by atoms with Crippen LogP contribution >= 0.6 is 0 Å². The van der Waals surface area contributed by atoms with Gasteiger partial charge in [0.2, 0.25) is 5.91 Å². The van der Waals surface area contributed by atoms with Crippen LogP contribution in [0.4, 0.5) is 0 Å². The number of ether oxygens (including phenoxy) is 1. The fourth-order valence-corrected chi connectivity index (χ4v) is 2.48. The molecule has 120 valence electrons. The van der Waals surface area contributed by atoms with Gasteiger partial charge in [-0.1, -0.05) is 25.1 Å². The summed E-state index contributed by atoms with van der Waals surface area (Å²) in [5.74, 6) is -0.560. The first-order valence-electron chi connectivity index (χ1n) is 7.42. The summed E-state index contributed by atoms with van der Waals surface area (Å²) in [6, 6.07) is 10.5. The van der Waals surface area contributed by atoms with Gasteiger partial charge in [-0.05, 0) is 48.2 Å². The Morgan fingerprint density at radius 2 is 1.83 bits per heavy atom. The highest BCUT2D eigenvalue weighted by Crippen LogP contribution is 2.32. The van der Waals surface area contributed by atoms with E-state index < -0.39 is 11.8 Å². The fraction of sp³-hybridized carbons (Fsp3) is 0.222. The number of primary amides is 2. The molecule has 0 atom stereocenters. The van der Waals surface area contributed by atoms with E-state index in [0.717, 1.165) is 17.5 Å². The Kier molecular flexibility index (Phi) is 5.01. The van der Waals surface area contributed by atoms with E-state index in [9.17, 15) is 9.59 Å². The Hall–Kier alpha value is -2.82. The molecule has 0 saturated heterocycles. The maximum Gasteiger partial charge on any atom is 0.252 e. The minimum absolute atomic E-state index is 0.362. The lowest BCUT2D eigenvalue weighted by Gasteiger charge is -2.15. The highest BCUT2D eigenvalue weighted by molar-refractivity contribution is 5.99. The SMILES string of the molecule is CCCOc1ccc(-c2cccc(C(N)=O)c2)c(C)c1C(N)=O. The van der Waals surface area contributed by atoms with Crippen molar-refractivity contribution in [2.45, 2.75) is 20.3 Å². The Morgan fingerprint density at radius 3 is 2.43 bits per heavy atom. The van der Waals surface area contributed by atoms with Crippen LogP contribution in [-0.2, 0) is 0 Å². The van der Waals surface area contributed by atoms with Crippen LogP contribution in [0.3, 0.4) is 0 Å². The van der Waals surface area contributed by atoms with E-state index in [4.69, 9.17) is 16.2 Å². The molecule has 4 N–H and O–H groups in total. The van der Waals surface area contributed by atoms with Crippen molar-refractivity contribution in [3.05, 3.63) is 53.1 Å². The van der Waals surface area contributed by atoms with E-state index in [0.29, 0.717) is 29.0 Å². The molecule has 23 heavy (non-hydrogen) atoms. The molecular weight excluding hydrogens is 292 g/mol. The van der Waals surface area contributed by atoms with Crippen molar-refractivity contribution in [2.24, 2.45) is 11.5 Å². The lowest BCUT2D eigenvalue weighted by Crippen LogP contribution is -2.16. The number of hydrogen-bond acceptors (Lipinski definition) is 3. The van der Waals surface area contributed by atoms with Gasteiger partial charge < -0.3 is 16.2 Å². The van der Waals surface area contributed by atoms with Crippen molar-refractivity contribution in [1.82, 2.24) is 0 Å². The third-order valence-corrected chi connectivity index (χ3v) is 3.59. The van der Waals surface area contributed by atoms with E-state index >= 15 is 0 Å². The largest absolute Gasteiger partial charge is 0.493 e. The summed E-state index contributed by atoms with van der Waals surface area (Å²) in [7, 11) is 0. The Labute approximate surface area is 135 Å². The summed E-state index contributed by atoms with van der Waals surface area (Å²) >= 11 is 0. The van der Waals surface area contributed by atoms with Crippen molar-refractivity contribution >= 4 is 11.8 Å². The molecule has 2 amide bonds. The van der Waals surface area contributed by atoms with E-state index in [1.165, 1.54) is 0 Å². The zero-order valence-electron chi connectivity index (χ0n) is 13.3. The van der Waals surface area contributed by atoms with Gasteiger partial charge in [0.15, 0.2) is 0 Å². The lowest BCUT2D eigenvalue weighted by atomic mass is 9.94. The van der Waals surface area contributed by atoms with Gasteiger partial charge in [0.05, 0.1) is 12.2 Å². The standard InChI is InChI=1S/C18H20N2O3/c1-3-9-23-15-8-7-14(11(2)16(15)18(20)22)12-5-4-6-13(10-12)17(19)21/h4-8,10H,3,9H2,1-2H3,(H2,19,21)(H2,20,22). The van der Waals surface area contributed by atoms with Gasteiger partial charge >= 0.3 is 0 Å². The average Bonchev–Trinajstić information content (AvgIpc) is 2.52. The molecular formula is C18H20N2O3. The van der Waals surface area contributed by atoms with Gasteiger partial charge in [0.25, 0.3) is 5.91 Å². The fourth-order valence-electron chi connectivity index (χ4n) is 2.48. The normalized spacial score (nSPS) is 10.3. The predicted molar refractivity (Wildman–Crippen MR) is 89.4 cm³/mol. The van der Waals surface area contributed by atoms with Crippen molar-refractivity contribution in [3.8, 4) is 16.9 Å². The van der Waals surface area contributed by atoms with Crippen LogP contribution in [0.15, 0.2) is 36.4 Å². The molecule has 0 fully saturated rings. The van der Waals surface area contributed by atoms with Crippen LogP contribution in [0.5, 0.6) is 5.75 Å². The van der Waals surface area contributed by atoms with Crippen LogP contribution in [0, 0.1) is 6.92 Å². The second-order valence-electron chi connectivity index (χ2n) is 5.27. The molecule has 0 radical (unpaired) electrons. The Balaban J connectivity index is 2.56. The number of benzene rings is 2. The summed E-state index contributed by atoms with van der Waals surface area (Å²) in [5.41, 5.74) is 13.9. The minimum Gasteiger partial charge on any atom is -0.493 e. The maximum atomic E-state index is 11.8. The molecule has 0 aliphatic rings. The second kappa shape index (κ2) is 6.96. The van der Waals surface area contributed by atoms with Crippen LogP contribution in [0.1, 0.15) is 39.6 Å². The summed E-state index contributed by atoms with van der Waals surface area (Å²) in [6.07, 6.45) is 0.833. The average molecular weight is 312 g/mol. The highest BCUT2D eigenvalue weighted by atomic mass is 16.5. The number of rotatable bonds is 6. The van der Waals surface area contributed by atoms with Gasteiger partial charge in [-0.25, -0.2) is 0 Å². The number of nitrogens with two attached hydrogens (primary N) is 2. The number of amides is 2. The molecule has 0 spiro atoms. The topological polar surface area (TPSA) is 95.4 Å². The Morgan fingerprint density at radius 1 is 1.09 bits per heavy atom. The number of carbonyl (C=O) groups is 2. The van der Waals surface area contributed by atoms with Crippen molar-refractivity contribution in [2.75, 3.05) is 6.61 Å². The van der Waals surface area contributed by atoms with Crippen LogP contribution in [0.2, 0.25) is 0 Å². The van der Waals surface area contributed by atoms with Gasteiger partial charge in [-0.3, -0.25) is 9.59 Å². The predicted octanol–water partition coefficient (Wildman–Crippen LogP) is 2.65. The van der Waals surface area contributed by atoms with Gasteiger partial charge in [-0.2, -0.15) is 0 Å². The zero-order valence-corrected chi connectivity index (χ0v) is 13.3. The molecule has 0 bridgehead atoms. The summed E-state index contributed by atoms with van der Waals surface area (Å²) in [6.45, 7) is 4.31. The molecule has 2 aromatic rings. The minimum atomic E-state index is -0.540. The molecule has 0 aliphatic heterocycles. The molecule has 0 aliphatic carbocycles. The lowest BCUT2D eigenvalue weighted by molar-refractivity contribution is 0.0989. The highest BCUT2D eigenvalue weighted by Gasteiger charge is 2.17. The number of carbonyl (C=O) groups excluding carboxylic acids is 2. The second-order valence-corrected chi connectivity index (χ2v) is 5.27. The zero-order chi connectivity index (χ0) is 17.0. The maximum absolute atomic E-state index is 11.8. The van der Waals surface area contributed by atoms with Gasteiger partial charge in [0.1, 0.15) is 5.75 Å². The first-order valence-corrected chi connectivity index (χ1v) is 7.42. The first-order chi connectivity index (χ1) is 11.0. The van der Waals surface area contributed by atoms with Gasteiger partial charge in [-0.15, -0.1) is 0 Å². The van der Waals surface area contributed by atoms with Crippen molar-refractivity contribution in [1.29, 1.82) is 0 Å². The Bertz CT molecular complexity index is 754. The first kappa shape index (κ1) is 16.5. The van der Waals surface area contributed by atoms with E-state index in [1.54, 1.807) is 24.3 Å². The molecule has 0 unspecified atom stereocenters. The molecule has 0 saturated carbocycles. The molecule has 0 aromatic heterocycles. The summed E-state index contributed by atoms with van der Waals surface area (Å²) in [4.78, 5) is 23.2. The van der Waals surface area contributed by atoms with Crippen LogP contribution in [0.25, 0.3) is 11.1 Å². The molecule has 2 rings (SSSR count). The molecule has 5 nitrogen and oxygen atoms in total. The van der Waals surface area contributed by atoms with Crippen LogP contribution in [-0.4, -0.2) is 18.4 Å². The number of hydrogen-bond donors (Lipinski definition) is 2. The molecule has 5 heteroatoms. The summed E-state index contributed by atoms with van der Waals surface area (Å²) in [5, 5.41) is 0. The monoisotopic (exact) mass is 312 g/mol. The third kappa shape index (κ3) is 3.51. The van der Waals surface area contributed by atoms with E-state index in [-0.39, 0.29) is 0 Å². The smallest absolute Gasteiger partial charge is 0.252 e. The van der Waals surface area contributed by atoms with Crippen LogP contribution < -0.4 is 16.2 Å². The van der Waals surface area contributed by atoms with E-state index in [1.807, 2.05) is 26.0 Å². The third-order valence-electron chi connectivity index (χ3n) is 3.59. The summed E-state index contributed by atoms with van der Waals surface area (Å²) < 4.78 is 5.61. The molecule has 0 heterocycles. The molecule has 2 aromatic carbocycles. The van der Waals surface area contributed by atoms with Gasteiger partial charge in [0, 0.05) is 5.56 Å².